The Balaban J connectivity index is 1.69. The van der Waals surface area contributed by atoms with Crippen LogP contribution in [-0.2, 0) is 4.79 Å². The van der Waals surface area contributed by atoms with Crippen LogP contribution in [0.4, 0.5) is 0 Å². The molecule has 3 nitrogen and oxygen atoms in total. The number of amides is 1. The molecule has 1 amide bonds. The maximum absolute atomic E-state index is 11.8. The summed E-state index contributed by atoms with van der Waals surface area (Å²) >= 11 is 0. The van der Waals surface area contributed by atoms with Gasteiger partial charge in [-0.15, -0.1) is 0 Å². The van der Waals surface area contributed by atoms with E-state index in [1.54, 1.807) is 0 Å². The van der Waals surface area contributed by atoms with Crippen molar-refractivity contribution in [1.29, 1.82) is 0 Å². The molecule has 0 spiro atoms. The minimum Gasteiger partial charge on any atom is -0.355 e. The van der Waals surface area contributed by atoms with Crippen LogP contribution in [0, 0.1) is 11.8 Å². The fourth-order valence-electron chi connectivity index (χ4n) is 3.29. The summed E-state index contributed by atoms with van der Waals surface area (Å²) in [6, 6.07) is 0.0661. The molecule has 3 heteroatoms. The Hall–Kier alpha value is -0.570. The Morgan fingerprint density at radius 1 is 1.11 bits per heavy atom. The third-order valence-corrected chi connectivity index (χ3v) is 4.73. The van der Waals surface area contributed by atoms with Crippen molar-refractivity contribution < 1.29 is 4.79 Å². The summed E-state index contributed by atoms with van der Waals surface area (Å²) < 4.78 is 0. The molecule has 1 atom stereocenters. The molecule has 0 bridgehead atoms. The molecular formula is C15H28N2O. The zero-order valence-electron chi connectivity index (χ0n) is 11.7. The maximum Gasteiger partial charge on any atom is 0.237 e. The van der Waals surface area contributed by atoms with E-state index >= 15 is 0 Å². The molecular weight excluding hydrogens is 224 g/mol. The normalized spacial score (nSPS) is 33.8. The lowest BCUT2D eigenvalue weighted by Gasteiger charge is -2.29. The van der Waals surface area contributed by atoms with Crippen LogP contribution < -0.4 is 10.6 Å². The number of carbonyl (C=O) groups excluding carboxylic acids is 1. The van der Waals surface area contributed by atoms with Crippen molar-refractivity contribution in [2.45, 2.75) is 64.3 Å². The number of rotatable bonds is 4. The summed E-state index contributed by atoms with van der Waals surface area (Å²) in [4.78, 5) is 11.8. The van der Waals surface area contributed by atoms with Crippen molar-refractivity contribution >= 4 is 5.91 Å². The van der Waals surface area contributed by atoms with E-state index in [0.29, 0.717) is 0 Å². The van der Waals surface area contributed by atoms with Crippen LogP contribution in [0.2, 0.25) is 0 Å². The lowest BCUT2D eigenvalue weighted by Crippen LogP contribution is -2.44. The topological polar surface area (TPSA) is 41.1 Å². The standard InChI is InChI=1S/C15H28N2O/c1-2-12-6-8-13(9-7-12)11-17-14-5-3-4-10-16-15(14)18/h12-14,17H,2-11H2,1H3,(H,16,18). The molecule has 2 aliphatic rings. The summed E-state index contributed by atoms with van der Waals surface area (Å²) in [6.07, 6.45) is 10.1. The van der Waals surface area contributed by atoms with Crippen molar-refractivity contribution in [2.75, 3.05) is 13.1 Å². The first-order valence-corrected chi connectivity index (χ1v) is 7.80. The first-order valence-electron chi connectivity index (χ1n) is 7.80. The third-order valence-electron chi connectivity index (χ3n) is 4.73. The Morgan fingerprint density at radius 3 is 2.56 bits per heavy atom. The van der Waals surface area contributed by atoms with Crippen molar-refractivity contribution in [3.05, 3.63) is 0 Å². The molecule has 2 rings (SSSR count). The molecule has 1 saturated carbocycles. The van der Waals surface area contributed by atoms with Gasteiger partial charge in [-0.05, 0) is 50.5 Å². The molecule has 1 unspecified atom stereocenters. The van der Waals surface area contributed by atoms with Crippen molar-refractivity contribution in [1.82, 2.24) is 10.6 Å². The molecule has 104 valence electrons. The zero-order chi connectivity index (χ0) is 12.8. The monoisotopic (exact) mass is 252 g/mol. The van der Waals surface area contributed by atoms with Gasteiger partial charge < -0.3 is 10.6 Å². The Bertz CT molecular complexity index is 259. The highest BCUT2D eigenvalue weighted by Gasteiger charge is 2.23. The van der Waals surface area contributed by atoms with Crippen LogP contribution in [0.15, 0.2) is 0 Å². The first-order chi connectivity index (χ1) is 8.79. The van der Waals surface area contributed by atoms with Crippen LogP contribution in [0.25, 0.3) is 0 Å². The van der Waals surface area contributed by atoms with Crippen molar-refractivity contribution in [3.63, 3.8) is 0 Å². The van der Waals surface area contributed by atoms with Gasteiger partial charge in [0.1, 0.15) is 0 Å². The fraction of sp³-hybridized carbons (Fsp3) is 0.933. The van der Waals surface area contributed by atoms with Crippen LogP contribution in [0.3, 0.4) is 0 Å². The quantitative estimate of drug-likeness (QED) is 0.807. The van der Waals surface area contributed by atoms with E-state index in [4.69, 9.17) is 0 Å². The molecule has 0 aromatic rings. The van der Waals surface area contributed by atoms with Gasteiger partial charge in [0.05, 0.1) is 6.04 Å². The van der Waals surface area contributed by atoms with Gasteiger partial charge in [-0.1, -0.05) is 26.2 Å². The van der Waals surface area contributed by atoms with Crippen LogP contribution in [0.1, 0.15) is 58.3 Å². The molecule has 1 aliphatic carbocycles. The van der Waals surface area contributed by atoms with Gasteiger partial charge in [-0.25, -0.2) is 0 Å². The highest BCUT2D eigenvalue weighted by atomic mass is 16.2. The molecule has 1 aliphatic heterocycles. The molecule has 2 N–H and O–H groups in total. The largest absolute Gasteiger partial charge is 0.355 e. The smallest absolute Gasteiger partial charge is 0.237 e. The highest BCUT2D eigenvalue weighted by molar-refractivity contribution is 5.81. The predicted octanol–water partition coefficient (Wildman–Crippen LogP) is 2.46. The number of hydrogen-bond donors (Lipinski definition) is 2. The third kappa shape index (κ3) is 3.98. The zero-order valence-corrected chi connectivity index (χ0v) is 11.7. The van der Waals surface area contributed by atoms with E-state index in [1.807, 2.05) is 0 Å². The van der Waals surface area contributed by atoms with Crippen LogP contribution in [0.5, 0.6) is 0 Å². The summed E-state index contributed by atoms with van der Waals surface area (Å²) in [5.74, 6) is 1.97. The van der Waals surface area contributed by atoms with Crippen LogP contribution >= 0.6 is 0 Å². The summed E-state index contributed by atoms with van der Waals surface area (Å²) in [7, 11) is 0. The van der Waals surface area contributed by atoms with E-state index in [1.165, 1.54) is 38.5 Å². The van der Waals surface area contributed by atoms with Gasteiger partial charge in [0.15, 0.2) is 0 Å². The number of nitrogens with one attached hydrogen (secondary N) is 2. The second-order valence-corrected chi connectivity index (χ2v) is 6.04. The van der Waals surface area contributed by atoms with Crippen molar-refractivity contribution in [3.8, 4) is 0 Å². The lowest BCUT2D eigenvalue weighted by molar-refractivity contribution is -0.122. The minimum absolute atomic E-state index is 0.0661. The minimum atomic E-state index is 0.0661. The molecule has 1 heterocycles. The lowest BCUT2D eigenvalue weighted by atomic mass is 9.81. The van der Waals surface area contributed by atoms with E-state index < -0.39 is 0 Å². The van der Waals surface area contributed by atoms with Gasteiger partial charge in [-0.2, -0.15) is 0 Å². The Labute approximate surface area is 111 Å². The molecule has 1 saturated heterocycles. The molecule has 0 aromatic carbocycles. The van der Waals surface area contributed by atoms with Crippen molar-refractivity contribution in [2.24, 2.45) is 11.8 Å². The van der Waals surface area contributed by atoms with Gasteiger partial charge in [0.25, 0.3) is 0 Å². The summed E-state index contributed by atoms with van der Waals surface area (Å²) in [5.41, 5.74) is 0. The molecule has 0 radical (unpaired) electrons. The first kappa shape index (κ1) is 13.9. The molecule has 0 aromatic heterocycles. The summed E-state index contributed by atoms with van der Waals surface area (Å²) in [5, 5.41) is 6.50. The van der Waals surface area contributed by atoms with Gasteiger partial charge >= 0.3 is 0 Å². The average Bonchev–Trinajstić information content (AvgIpc) is 2.62. The molecule has 2 fully saturated rings. The van der Waals surface area contributed by atoms with Gasteiger partial charge in [0.2, 0.25) is 5.91 Å². The maximum atomic E-state index is 11.8. The number of hydrogen-bond acceptors (Lipinski definition) is 2. The Kier molecular flexibility index (Phi) is 5.48. The van der Waals surface area contributed by atoms with Crippen LogP contribution in [-0.4, -0.2) is 25.0 Å². The van der Waals surface area contributed by atoms with Gasteiger partial charge in [-0.3, -0.25) is 4.79 Å². The van der Waals surface area contributed by atoms with Gasteiger partial charge in [0, 0.05) is 6.54 Å². The van der Waals surface area contributed by atoms with E-state index in [0.717, 1.165) is 37.8 Å². The second-order valence-electron chi connectivity index (χ2n) is 6.04. The highest BCUT2D eigenvalue weighted by Crippen LogP contribution is 2.30. The second kappa shape index (κ2) is 7.13. The van der Waals surface area contributed by atoms with E-state index in [2.05, 4.69) is 17.6 Å². The Morgan fingerprint density at radius 2 is 1.83 bits per heavy atom. The predicted molar refractivity (Wildman–Crippen MR) is 74.4 cm³/mol. The van der Waals surface area contributed by atoms with E-state index in [-0.39, 0.29) is 11.9 Å². The van der Waals surface area contributed by atoms with E-state index in [9.17, 15) is 4.79 Å². The average molecular weight is 252 g/mol. The number of carbonyl (C=O) groups is 1. The SMILES string of the molecule is CCC1CCC(CNC2CCCCNC2=O)CC1. The molecule has 18 heavy (non-hydrogen) atoms. The fourth-order valence-corrected chi connectivity index (χ4v) is 3.29. The summed E-state index contributed by atoms with van der Waals surface area (Å²) in [6.45, 7) is 4.20.